The summed E-state index contributed by atoms with van der Waals surface area (Å²) in [4.78, 5) is 13.8. The summed E-state index contributed by atoms with van der Waals surface area (Å²) in [6.07, 6.45) is 1.03. The highest BCUT2D eigenvalue weighted by atomic mass is 16.5. The number of carbonyl (C=O) groups is 1. The summed E-state index contributed by atoms with van der Waals surface area (Å²) in [5.41, 5.74) is 6.66. The number of benzene rings is 1. The first kappa shape index (κ1) is 16.5. The second-order valence-electron chi connectivity index (χ2n) is 4.76. The molecule has 1 aromatic rings. The number of ether oxygens (including phenoxy) is 1. The van der Waals surface area contributed by atoms with Crippen molar-refractivity contribution in [2.45, 2.75) is 18.9 Å². The van der Waals surface area contributed by atoms with Crippen LogP contribution in [0.4, 0.5) is 5.69 Å². The van der Waals surface area contributed by atoms with Crippen LogP contribution in [0.2, 0.25) is 0 Å². The number of hydrogen-bond donors (Lipinski definition) is 2. The van der Waals surface area contributed by atoms with Crippen molar-refractivity contribution in [2.75, 3.05) is 38.7 Å². The van der Waals surface area contributed by atoms with Crippen LogP contribution in [0.25, 0.3) is 0 Å². The van der Waals surface area contributed by atoms with Gasteiger partial charge in [0.1, 0.15) is 0 Å². The van der Waals surface area contributed by atoms with E-state index in [-0.39, 0.29) is 12.0 Å². The third kappa shape index (κ3) is 6.04. The molecule has 112 valence electrons. The largest absolute Gasteiger partial charge is 0.380 e. The molecule has 0 aliphatic heterocycles. The molecule has 0 saturated carbocycles. The molecule has 0 radical (unpaired) electrons. The van der Waals surface area contributed by atoms with Gasteiger partial charge in [-0.05, 0) is 18.6 Å². The van der Waals surface area contributed by atoms with Gasteiger partial charge in [-0.1, -0.05) is 18.2 Å². The molecule has 0 bridgehead atoms. The minimum absolute atomic E-state index is 0.00957. The van der Waals surface area contributed by atoms with E-state index in [4.69, 9.17) is 10.5 Å². The Kier molecular flexibility index (Phi) is 7.69. The number of nitrogens with two attached hydrogens (primary N) is 1. The Balaban J connectivity index is 2.17. The number of amides is 1. The molecule has 0 aromatic heterocycles. The fourth-order valence-electron chi connectivity index (χ4n) is 1.90. The van der Waals surface area contributed by atoms with Gasteiger partial charge in [-0.3, -0.25) is 4.79 Å². The summed E-state index contributed by atoms with van der Waals surface area (Å²) < 4.78 is 5.08. The van der Waals surface area contributed by atoms with Crippen LogP contribution in [-0.4, -0.2) is 45.8 Å². The highest BCUT2D eigenvalue weighted by Crippen LogP contribution is 2.10. The maximum Gasteiger partial charge on any atom is 0.222 e. The van der Waals surface area contributed by atoms with E-state index in [1.54, 1.807) is 7.11 Å². The fourth-order valence-corrected chi connectivity index (χ4v) is 1.90. The van der Waals surface area contributed by atoms with Crippen molar-refractivity contribution in [2.24, 2.45) is 5.73 Å². The molecule has 0 spiro atoms. The van der Waals surface area contributed by atoms with E-state index in [1.807, 2.05) is 25.2 Å². The SMILES string of the molecule is COC(CN)CC(=O)NCCCN(C)c1ccccc1. The third-order valence-electron chi connectivity index (χ3n) is 3.20. The molecule has 0 aliphatic rings. The van der Waals surface area contributed by atoms with Crippen LogP contribution in [0.5, 0.6) is 0 Å². The van der Waals surface area contributed by atoms with Crippen LogP contribution >= 0.6 is 0 Å². The van der Waals surface area contributed by atoms with Gasteiger partial charge in [0, 0.05) is 39.5 Å². The predicted octanol–water partition coefficient (Wildman–Crippen LogP) is 0.993. The summed E-state index contributed by atoms with van der Waals surface area (Å²) in [7, 11) is 3.62. The predicted molar refractivity (Wildman–Crippen MR) is 81.8 cm³/mol. The van der Waals surface area contributed by atoms with E-state index in [0.717, 1.165) is 13.0 Å². The normalized spacial score (nSPS) is 11.9. The minimum Gasteiger partial charge on any atom is -0.380 e. The van der Waals surface area contributed by atoms with E-state index >= 15 is 0 Å². The van der Waals surface area contributed by atoms with Crippen LogP contribution in [0.3, 0.4) is 0 Å². The Labute approximate surface area is 121 Å². The highest BCUT2D eigenvalue weighted by Gasteiger charge is 2.10. The number of carbonyl (C=O) groups excluding carboxylic acids is 1. The average molecular weight is 279 g/mol. The van der Waals surface area contributed by atoms with Crippen LogP contribution in [0, 0.1) is 0 Å². The zero-order valence-electron chi connectivity index (χ0n) is 12.3. The molecular weight excluding hydrogens is 254 g/mol. The highest BCUT2D eigenvalue weighted by molar-refractivity contribution is 5.76. The molecule has 1 aromatic carbocycles. The first-order valence-electron chi connectivity index (χ1n) is 6.93. The Hall–Kier alpha value is -1.59. The molecule has 0 heterocycles. The van der Waals surface area contributed by atoms with Crippen molar-refractivity contribution in [3.63, 3.8) is 0 Å². The second kappa shape index (κ2) is 9.34. The van der Waals surface area contributed by atoms with Gasteiger partial charge in [0.15, 0.2) is 0 Å². The van der Waals surface area contributed by atoms with Crippen LogP contribution < -0.4 is 16.0 Å². The zero-order chi connectivity index (χ0) is 14.8. The lowest BCUT2D eigenvalue weighted by atomic mass is 10.2. The topological polar surface area (TPSA) is 67.6 Å². The molecule has 5 heteroatoms. The van der Waals surface area contributed by atoms with E-state index in [9.17, 15) is 4.79 Å². The number of nitrogens with zero attached hydrogens (tertiary/aromatic N) is 1. The number of methoxy groups -OCH3 is 1. The number of para-hydroxylation sites is 1. The lowest BCUT2D eigenvalue weighted by Crippen LogP contribution is -2.33. The molecular formula is C15H25N3O2. The molecule has 20 heavy (non-hydrogen) atoms. The van der Waals surface area contributed by atoms with Crippen molar-refractivity contribution in [3.8, 4) is 0 Å². The van der Waals surface area contributed by atoms with Crippen LogP contribution in [0.15, 0.2) is 30.3 Å². The summed E-state index contributed by atoms with van der Waals surface area (Å²) in [6, 6.07) is 10.2. The molecule has 1 amide bonds. The van der Waals surface area contributed by atoms with E-state index in [0.29, 0.717) is 19.5 Å². The molecule has 1 unspecified atom stereocenters. The quantitative estimate of drug-likeness (QED) is 0.662. The van der Waals surface area contributed by atoms with Gasteiger partial charge in [0.25, 0.3) is 0 Å². The lowest BCUT2D eigenvalue weighted by Gasteiger charge is -2.19. The van der Waals surface area contributed by atoms with E-state index < -0.39 is 0 Å². The fraction of sp³-hybridized carbons (Fsp3) is 0.533. The van der Waals surface area contributed by atoms with Gasteiger partial charge < -0.3 is 20.7 Å². The van der Waals surface area contributed by atoms with Gasteiger partial charge in [-0.25, -0.2) is 0 Å². The van der Waals surface area contributed by atoms with Crippen molar-refractivity contribution in [3.05, 3.63) is 30.3 Å². The van der Waals surface area contributed by atoms with E-state index in [1.165, 1.54) is 5.69 Å². The van der Waals surface area contributed by atoms with Crippen molar-refractivity contribution >= 4 is 11.6 Å². The lowest BCUT2D eigenvalue weighted by molar-refractivity contribution is -0.123. The zero-order valence-corrected chi connectivity index (χ0v) is 12.3. The molecule has 0 fully saturated rings. The smallest absolute Gasteiger partial charge is 0.222 e. The maximum absolute atomic E-state index is 11.6. The van der Waals surface area contributed by atoms with Crippen molar-refractivity contribution in [1.82, 2.24) is 5.32 Å². The Morgan fingerprint density at radius 1 is 1.40 bits per heavy atom. The molecule has 1 rings (SSSR count). The first-order chi connectivity index (χ1) is 9.67. The van der Waals surface area contributed by atoms with Crippen molar-refractivity contribution in [1.29, 1.82) is 0 Å². The van der Waals surface area contributed by atoms with Gasteiger partial charge in [-0.2, -0.15) is 0 Å². The standard InChI is InChI=1S/C15H25N3O2/c1-18(13-7-4-3-5-8-13)10-6-9-17-15(19)11-14(12-16)20-2/h3-5,7-8,14H,6,9-12,16H2,1-2H3,(H,17,19). The average Bonchev–Trinajstić information content (AvgIpc) is 2.49. The van der Waals surface area contributed by atoms with E-state index in [2.05, 4.69) is 22.3 Å². The molecule has 0 saturated heterocycles. The van der Waals surface area contributed by atoms with Gasteiger partial charge in [-0.15, -0.1) is 0 Å². The molecule has 0 aliphatic carbocycles. The summed E-state index contributed by atoms with van der Waals surface area (Å²) >= 11 is 0. The van der Waals surface area contributed by atoms with Gasteiger partial charge in [0.2, 0.25) is 5.91 Å². The molecule has 3 N–H and O–H groups in total. The number of hydrogen-bond acceptors (Lipinski definition) is 4. The summed E-state index contributed by atoms with van der Waals surface area (Å²) in [5, 5.41) is 2.89. The molecule has 5 nitrogen and oxygen atoms in total. The molecule has 1 atom stereocenters. The van der Waals surface area contributed by atoms with Gasteiger partial charge >= 0.3 is 0 Å². The van der Waals surface area contributed by atoms with Crippen LogP contribution in [-0.2, 0) is 9.53 Å². The van der Waals surface area contributed by atoms with Crippen molar-refractivity contribution < 1.29 is 9.53 Å². The monoisotopic (exact) mass is 279 g/mol. The second-order valence-corrected chi connectivity index (χ2v) is 4.76. The summed E-state index contributed by atoms with van der Waals surface area (Å²) in [5.74, 6) is -0.00957. The van der Waals surface area contributed by atoms with Crippen LogP contribution in [0.1, 0.15) is 12.8 Å². The minimum atomic E-state index is -0.193. The summed E-state index contributed by atoms with van der Waals surface area (Å²) in [6.45, 7) is 1.92. The number of rotatable bonds is 9. The Bertz CT molecular complexity index is 380. The third-order valence-corrected chi connectivity index (χ3v) is 3.20. The Morgan fingerprint density at radius 2 is 2.10 bits per heavy atom. The first-order valence-corrected chi connectivity index (χ1v) is 6.93. The Morgan fingerprint density at radius 3 is 2.70 bits per heavy atom. The van der Waals surface area contributed by atoms with Gasteiger partial charge in [0.05, 0.1) is 12.5 Å². The number of anilines is 1. The number of nitrogens with one attached hydrogen (secondary N) is 1. The maximum atomic E-state index is 11.6.